The van der Waals surface area contributed by atoms with Crippen molar-refractivity contribution in [3.05, 3.63) is 42.1 Å². The highest BCUT2D eigenvalue weighted by molar-refractivity contribution is 5.61. The number of nitrogens with two attached hydrogens (primary N) is 1. The van der Waals surface area contributed by atoms with Gasteiger partial charge < -0.3 is 5.73 Å². The maximum atomic E-state index is 5.60. The quantitative estimate of drug-likeness (QED) is 0.691. The van der Waals surface area contributed by atoms with Gasteiger partial charge in [-0.1, -0.05) is 12.1 Å². The molecule has 0 fully saturated rings. The smallest absolute Gasteiger partial charge is 0.0932 e. The Bertz CT molecular complexity index is 435. The summed E-state index contributed by atoms with van der Waals surface area (Å²) in [6.07, 6.45) is 1.74. The second-order valence-electron chi connectivity index (χ2n) is 3.24. The van der Waals surface area contributed by atoms with Crippen LogP contribution in [0.15, 0.2) is 36.5 Å². The number of aromatic nitrogens is 2. The van der Waals surface area contributed by atoms with E-state index in [9.17, 15) is 0 Å². The van der Waals surface area contributed by atoms with Crippen LogP contribution in [-0.4, -0.2) is 10.2 Å². The van der Waals surface area contributed by atoms with Crippen LogP contribution in [0.5, 0.6) is 0 Å². The number of aryl methyl sites for hydroxylation is 1. The Balaban J connectivity index is 2.44. The molecule has 1 aromatic carbocycles. The van der Waals surface area contributed by atoms with Gasteiger partial charge in [-0.2, -0.15) is 10.2 Å². The van der Waals surface area contributed by atoms with Crippen LogP contribution >= 0.6 is 0 Å². The standard InChI is InChI=1S/C11H11N3/c1-8-6-11(14-13-7-8)9-2-4-10(12)5-3-9/h2-7H,12H2,1H3. The first-order chi connectivity index (χ1) is 6.75. The van der Waals surface area contributed by atoms with Gasteiger partial charge in [0.15, 0.2) is 0 Å². The molecule has 2 N–H and O–H groups in total. The molecule has 0 spiro atoms. The summed E-state index contributed by atoms with van der Waals surface area (Å²) in [5.41, 5.74) is 9.38. The average molecular weight is 185 g/mol. The van der Waals surface area contributed by atoms with Crippen molar-refractivity contribution in [3.63, 3.8) is 0 Å². The van der Waals surface area contributed by atoms with Crippen molar-refractivity contribution in [3.8, 4) is 11.3 Å². The molecular weight excluding hydrogens is 174 g/mol. The lowest BCUT2D eigenvalue weighted by atomic mass is 10.1. The molecule has 3 nitrogen and oxygen atoms in total. The number of anilines is 1. The predicted molar refractivity (Wildman–Crippen MR) is 56.6 cm³/mol. The SMILES string of the molecule is Cc1cnnc(-c2ccc(N)cc2)c1. The molecular formula is C11H11N3. The third kappa shape index (κ3) is 1.71. The molecule has 0 radical (unpaired) electrons. The largest absolute Gasteiger partial charge is 0.399 e. The third-order valence-electron chi connectivity index (χ3n) is 2.00. The summed E-state index contributed by atoms with van der Waals surface area (Å²) < 4.78 is 0. The van der Waals surface area contributed by atoms with Gasteiger partial charge in [-0.25, -0.2) is 0 Å². The molecule has 0 bridgehead atoms. The zero-order valence-electron chi connectivity index (χ0n) is 7.94. The van der Waals surface area contributed by atoms with Crippen molar-refractivity contribution >= 4 is 5.69 Å². The van der Waals surface area contributed by atoms with Crippen molar-refractivity contribution in [2.75, 3.05) is 5.73 Å². The first-order valence-electron chi connectivity index (χ1n) is 4.41. The lowest BCUT2D eigenvalue weighted by Gasteiger charge is -2.00. The molecule has 14 heavy (non-hydrogen) atoms. The van der Waals surface area contributed by atoms with E-state index in [0.717, 1.165) is 22.5 Å². The Morgan fingerprint density at radius 3 is 2.50 bits per heavy atom. The fourth-order valence-corrected chi connectivity index (χ4v) is 1.26. The van der Waals surface area contributed by atoms with Crippen molar-refractivity contribution in [1.29, 1.82) is 0 Å². The van der Waals surface area contributed by atoms with E-state index in [1.54, 1.807) is 6.20 Å². The number of hydrogen-bond donors (Lipinski definition) is 1. The van der Waals surface area contributed by atoms with Crippen LogP contribution in [0.1, 0.15) is 5.56 Å². The maximum Gasteiger partial charge on any atom is 0.0932 e. The summed E-state index contributed by atoms with van der Waals surface area (Å²) >= 11 is 0. The molecule has 0 unspecified atom stereocenters. The maximum absolute atomic E-state index is 5.60. The summed E-state index contributed by atoms with van der Waals surface area (Å²) in [6.45, 7) is 2.00. The fourth-order valence-electron chi connectivity index (χ4n) is 1.26. The van der Waals surface area contributed by atoms with Crippen molar-refractivity contribution < 1.29 is 0 Å². The summed E-state index contributed by atoms with van der Waals surface area (Å²) in [4.78, 5) is 0. The normalized spacial score (nSPS) is 10.1. The van der Waals surface area contributed by atoms with Gasteiger partial charge in [0.25, 0.3) is 0 Å². The highest BCUT2D eigenvalue weighted by Crippen LogP contribution is 2.17. The van der Waals surface area contributed by atoms with Gasteiger partial charge in [0.1, 0.15) is 0 Å². The van der Waals surface area contributed by atoms with E-state index >= 15 is 0 Å². The minimum atomic E-state index is 0.759. The van der Waals surface area contributed by atoms with E-state index < -0.39 is 0 Å². The van der Waals surface area contributed by atoms with Crippen LogP contribution in [0.4, 0.5) is 5.69 Å². The molecule has 1 aromatic heterocycles. The molecule has 1 heterocycles. The van der Waals surface area contributed by atoms with Gasteiger partial charge in [0.2, 0.25) is 0 Å². The molecule has 2 rings (SSSR count). The topological polar surface area (TPSA) is 51.8 Å². The third-order valence-corrected chi connectivity index (χ3v) is 2.00. The van der Waals surface area contributed by atoms with Crippen molar-refractivity contribution in [1.82, 2.24) is 10.2 Å². The first-order valence-corrected chi connectivity index (χ1v) is 4.41. The van der Waals surface area contributed by atoms with Gasteiger partial charge in [-0.05, 0) is 30.7 Å². The molecule has 0 saturated carbocycles. The van der Waals surface area contributed by atoms with Crippen LogP contribution in [0.2, 0.25) is 0 Å². The molecule has 0 amide bonds. The van der Waals surface area contributed by atoms with Gasteiger partial charge in [-0.3, -0.25) is 0 Å². The average Bonchev–Trinajstić information content (AvgIpc) is 2.19. The number of hydrogen-bond acceptors (Lipinski definition) is 3. The Morgan fingerprint density at radius 2 is 1.86 bits per heavy atom. The summed E-state index contributed by atoms with van der Waals surface area (Å²) in [6, 6.07) is 9.61. The van der Waals surface area contributed by atoms with Crippen LogP contribution in [0, 0.1) is 6.92 Å². The Labute approximate surface area is 82.6 Å². The zero-order valence-corrected chi connectivity index (χ0v) is 7.94. The highest BCUT2D eigenvalue weighted by atomic mass is 15.1. The van der Waals surface area contributed by atoms with E-state index in [4.69, 9.17) is 5.73 Å². The Morgan fingerprint density at radius 1 is 1.14 bits per heavy atom. The molecule has 70 valence electrons. The minimum Gasteiger partial charge on any atom is -0.399 e. The minimum absolute atomic E-state index is 0.759. The highest BCUT2D eigenvalue weighted by Gasteiger charge is 1.99. The van der Waals surface area contributed by atoms with E-state index in [1.165, 1.54) is 0 Å². The second kappa shape index (κ2) is 3.46. The molecule has 0 atom stereocenters. The number of rotatable bonds is 1. The Kier molecular flexibility index (Phi) is 2.14. The van der Waals surface area contributed by atoms with E-state index in [0.29, 0.717) is 0 Å². The molecule has 0 aliphatic heterocycles. The van der Waals surface area contributed by atoms with Crippen LogP contribution < -0.4 is 5.73 Å². The van der Waals surface area contributed by atoms with Crippen LogP contribution in [0.25, 0.3) is 11.3 Å². The summed E-state index contributed by atoms with van der Waals surface area (Å²) in [5, 5.41) is 7.95. The van der Waals surface area contributed by atoms with Gasteiger partial charge >= 0.3 is 0 Å². The monoisotopic (exact) mass is 185 g/mol. The van der Waals surface area contributed by atoms with Gasteiger partial charge in [0.05, 0.1) is 11.9 Å². The summed E-state index contributed by atoms with van der Waals surface area (Å²) in [7, 11) is 0. The number of benzene rings is 1. The number of nitrogen functional groups attached to an aromatic ring is 1. The van der Waals surface area contributed by atoms with Crippen LogP contribution in [0.3, 0.4) is 0 Å². The first kappa shape index (κ1) is 8.69. The molecule has 3 heteroatoms. The van der Waals surface area contributed by atoms with Crippen molar-refractivity contribution in [2.24, 2.45) is 0 Å². The van der Waals surface area contributed by atoms with E-state index in [1.807, 2.05) is 37.3 Å². The number of nitrogens with zero attached hydrogens (tertiary/aromatic N) is 2. The van der Waals surface area contributed by atoms with Crippen LogP contribution in [-0.2, 0) is 0 Å². The zero-order chi connectivity index (χ0) is 9.97. The molecule has 0 saturated heterocycles. The Hall–Kier alpha value is -1.90. The van der Waals surface area contributed by atoms with Gasteiger partial charge in [0, 0.05) is 11.3 Å². The fraction of sp³-hybridized carbons (Fsp3) is 0.0909. The second-order valence-corrected chi connectivity index (χ2v) is 3.24. The summed E-state index contributed by atoms with van der Waals surface area (Å²) in [5.74, 6) is 0. The van der Waals surface area contributed by atoms with Gasteiger partial charge in [-0.15, -0.1) is 0 Å². The lowest BCUT2D eigenvalue weighted by molar-refractivity contribution is 1.02. The van der Waals surface area contributed by atoms with Crippen molar-refractivity contribution in [2.45, 2.75) is 6.92 Å². The lowest BCUT2D eigenvalue weighted by Crippen LogP contribution is -1.89. The van der Waals surface area contributed by atoms with E-state index in [-0.39, 0.29) is 0 Å². The molecule has 2 aromatic rings. The molecule has 0 aliphatic rings. The molecule has 0 aliphatic carbocycles. The predicted octanol–water partition coefficient (Wildman–Crippen LogP) is 2.03. The van der Waals surface area contributed by atoms with E-state index in [2.05, 4.69) is 10.2 Å².